The summed E-state index contributed by atoms with van der Waals surface area (Å²) in [4.78, 5) is 52.5. The van der Waals surface area contributed by atoms with Gasteiger partial charge in [0, 0.05) is 42.6 Å². The highest BCUT2D eigenvalue weighted by Gasteiger charge is 2.61. The number of anilines is 2. The topological polar surface area (TPSA) is 301 Å². The fraction of sp³-hybridized carbons (Fsp3) is 0.320. The average molecular weight is 1340 g/mol. The quantitative estimate of drug-likeness (QED) is 0.0171. The smallest absolute Gasteiger partial charge is 0.351 e. The maximum Gasteiger partial charge on any atom is 0.351 e. The van der Waals surface area contributed by atoms with Crippen LogP contribution in [-0.4, -0.2) is 151 Å². The van der Waals surface area contributed by atoms with E-state index in [-0.39, 0.29) is 30.4 Å². The number of hydrogen-bond donors (Lipinski definition) is 5. The predicted molar refractivity (Wildman–Crippen MR) is 362 cm³/mol. The molecule has 11 rings (SSSR count). The van der Waals surface area contributed by atoms with Crippen molar-refractivity contribution in [1.82, 2.24) is 19.1 Å². The first-order chi connectivity index (χ1) is 47.4. The number of ketones is 1. The molecule has 98 heavy (non-hydrogen) atoms. The van der Waals surface area contributed by atoms with Crippen LogP contribution in [0.2, 0.25) is 0 Å². The standard InChI is InChI=1S/C75H80N6O17/c1-46-42-80(71(86)78-67(46)76)69-64(84)63(83)65(97-69)60(98-75(50-21-15-10-16-22-50,53-27-35-57(91-6)36-28-53)54-29-37-58(92-7)38-30-54)41-59(62(82)48-17-11-8-12-18-48)93-45-73(94-40-39-88-3)66(85)61(96-70(73)81-43-47(2)68(77)79-72(81)87)44-95-74(49-19-13-9-14-20-49,51-23-31-55(89-4)32-24-51)52-25-33-56(90-5)34-26-52/h8-38,42-43,59-61,63-66,69-70,83-85H,39-41,44-45H2,1-7H3,(H2,76,78,86)(H2,77,79,87)/t59?,60?,61-,63+,64-,65-,66-,69-,70-,73+/m1/s1. The Bertz CT molecular complexity index is 4150. The SMILES string of the molecule is COCCO[C@@]1(COC(CC(OC(c2ccccc2)(c2ccc(OC)cc2)c2ccc(OC)cc2)[C@H]2O[C@@H](n3cc(C)c(N)nc3=O)[C@H](O)[C@@H]2O)C(=O)c2ccccc2)[C@H](O)[C@@H](COC(c2ccccc2)(c2ccc(OC)cc2)c2ccc(OC)cc2)O[C@H]1n1cc(C)c(N)nc1=O. The van der Waals surface area contributed by atoms with Crippen molar-refractivity contribution in [3.05, 3.63) is 271 Å². The van der Waals surface area contributed by atoms with E-state index >= 15 is 4.79 Å². The summed E-state index contributed by atoms with van der Waals surface area (Å²) in [6.45, 7) is 1.85. The molecule has 10 atom stereocenters. The van der Waals surface area contributed by atoms with Gasteiger partial charge in [0.05, 0.1) is 61.0 Å². The van der Waals surface area contributed by atoms with Gasteiger partial charge in [0.2, 0.25) is 0 Å². The van der Waals surface area contributed by atoms with Crippen molar-refractivity contribution in [2.75, 3.05) is 73.4 Å². The summed E-state index contributed by atoms with van der Waals surface area (Å²) in [5, 5.41) is 38.5. The number of Topliss-reactive ketones (excluding diaryl/α,β-unsaturated/α-hetero) is 1. The van der Waals surface area contributed by atoms with Crippen LogP contribution in [0.3, 0.4) is 0 Å². The van der Waals surface area contributed by atoms with Crippen molar-refractivity contribution >= 4 is 17.4 Å². The van der Waals surface area contributed by atoms with E-state index in [4.69, 9.17) is 63.6 Å². The van der Waals surface area contributed by atoms with Crippen LogP contribution in [0, 0.1) is 13.8 Å². The molecule has 2 aliphatic heterocycles. The van der Waals surface area contributed by atoms with Gasteiger partial charge in [-0.2, -0.15) is 9.97 Å². The van der Waals surface area contributed by atoms with Crippen molar-refractivity contribution in [2.24, 2.45) is 0 Å². The second-order valence-electron chi connectivity index (χ2n) is 24.0. The normalized spacial score (nSPS) is 20.7. The molecule has 2 saturated heterocycles. The predicted octanol–water partition coefficient (Wildman–Crippen LogP) is 7.64. The zero-order chi connectivity index (χ0) is 69.3. The third-order valence-corrected chi connectivity index (χ3v) is 18.2. The van der Waals surface area contributed by atoms with E-state index in [0.717, 1.165) is 9.13 Å². The summed E-state index contributed by atoms with van der Waals surface area (Å²) in [7, 11) is 7.69. The van der Waals surface area contributed by atoms with E-state index in [2.05, 4.69) is 9.97 Å². The number of aryl methyl sites for hydroxylation is 2. The number of benzene rings is 7. The van der Waals surface area contributed by atoms with E-state index < -0.39 is 109 Å². The number of methoxy groups -OCH3 is 5. The van der Waals surface area contributed by atoms with Crippen LogP contribution < -0.4 is 41.8 Å². The molecule has 2 aromatic heterocycles. The molecule has 23 heteroatoms. The van der Waals surface area contributed by atoms with Gasteiger partial charge in [0.25, 0.3) is 0 Å². The van der Waals surface area contributed by atoms with E-state index in [1.165, 1.54) is 19.5 Å². The van der Waals surface area contributed by atoms with Crippen LogP contribution in [0.4, 0.5) is 11.6 Å². The number of ether oxygens (including phenoxy) is 11. The molecule has 7 aromatic carbocycles. The van der Waals surface area contributed by atoms with Crippen LogP contribution in [-0.2, 0) is 44.4 Å². The molecule has 0 radical (unpaired) electrons. The van der Waals surface area contributed by atoms with Crippen molar-refractivity contribution in [2.45, 2.75) is 92.3 Å². The van der Waals surface area contributed by atoms with Crippen LogP contribution in [0.1, 0.15) is 73.7 Å². The number of hydrogen-bond acceptors (Lipinski definition) is 21. The first-order valence-corrected chi connectivity index (χ1v) is 31.8. The summed E-state index contributed by atoms with van der Waals surface area (Å²) < 4.78 is 73.4. The van der Waals surface area contributed by atoms with Crippen molar-refractivity contribution in [3.63, 3.8) is 0 Å². The molecule has 2 unspecified atom stereocenters. The van der Waals surface area contributed by atoms with Gasteiger partial charge in [-0.25, -0.2) is 9.59 Å². The fourth-order valence-electron chi connectivity index (χ4n) is 12.9. The average Bonchev–Trinajstić information content (AvgIpc) is 1.31. The lowest BCUT2D eigenvalue weighted by Crippen LogP contribution is -2.56. The van der Waals surface area contributed by atoms with Crippen LogP contribution >= 0.6 is 0 Å². The maximum absolute atomic E-state index is 16.0. The lowest BCUT2D eigenvalue weighted by atomic mass is 9.79. The van der Waals surface area contributed by atoms with Gasteiger partial charge in [-0.3, -0.25) is 13.9 Å². The number of nitrogen functional groups attached to an aromatic ring is 2. The summed E-state index contributed by atoms with van der Waals surface area (Å²) in [5.41, 5.74) is 9.85. The Morgan fingerprint density at radius 2 is 0.990 bits per heavy atom. The Morgan fingerprint density at radius 1 is 0.561 bits per heavy atom. The zero-order valence-corrected chi connectivity index (χ0v) is 55.3. The highest BCUT2D eigenvalue weighted by molar-refractivity contribution is 5.99. The Kier molecular flexibility index (Phi) is 21.6. The lowest BCUT2D eigenvalue weighted by molar-refractivity contribution is -0.198. The molecule has 0 spiro atoms. The van der Waals surface area contributed by atoms with Gasteiger partial charge in [0.15, 0.2) is 23.8 Å². The Labute approximate surface area is 566 Å². The monoisotopic (exact) mass is 1340 g/mol. The summed E-state index contributed by atoms with van der Waals surface area (Å²) in [6, 6.07) is 56.1. The number of nitrogens with zero attached hydrogens (tertiary/aromatic N) is 4. The van der Waals surface area contributed by atoms with Crippen molar-refractivity contribution in [1.29, 1.82) is 0 Å². The molecule has 0 bridgehead atoms. The number of nitrogens with two attached hydrogens (primary N) is 2. The fourth-order valence-corrected chi connectivity index (χ4v) is 12.9. The van der Waals surface area contributed by atoms with E-state index in [1.54, 1.807) is 96.9 Å². The summed E-state index contributed by atoms with van der Waals surface area (Å²) >= 11 is 0. The van der Waals surface area contributed by atoms with Gasteiger partial charge in [0.1, 0.15) is 82.5 Å². The number of aromatic nitrogens is 4. The van der Waals surface area contributed by atoms with Crippen LogP contribution in [0.5, 0.6) is 23.0 Å². The Morgan fingerprint density at radius 3 is 1.46 bits per heavy atom. The number of aliphatic hydroxyl groups is 3. The first-order valence-electron chi connectivity index (χ1n) is 31.8. The molecule has 0 saturated carbocycles. The van der Waals surface area contributed by atoms with E-state index in [0.29, 0.717) is 67.5 Å². The minimum absolute atomic E-state index is 0.0462. The Hall–Kier alpha value is -9.63. The van der Waals surface area contributed by atoms with Crippen LogP contribution in [0.25, 0.3) is 0 Å². The zero-order valence-electron chi connectivity index (χ0n) is 55.3. The number of rotatable bonds is 29. The molecule has 4 heterocycles. The third kappa shape index (κ3) is 13.8. The minimum atomic E-state index is -2.19. The van der Waals surface area contributed by atoms with Gasteiger partial charge < -0.3 is 78.9 Å². The highest BCUT2D eigenvalue weighted by atomic mass is 16.6. The van der Waals surface area contributed by atoms with Gasteiger partial charge in [-0.1, -0.05) is 140 Å². The lowest BCUT2D eigenvalue weighted by Gasteiger charge is -2.42. The summed E-state index contributed by atoms with van der Waals surface area (Å²) in [6.07, 6.45) is -12.6. The second-order valence-corrected chi connectivity index (χ2v) is 24.0. The van der Waals surface area contributed by atoms with Crippen LogP contribution in [0.15, 0.2) is 210 Å². The van der Waals surface area contributed by atoms with E-state index in [9.17, 15) is 24.9 Å². The Balaban J connectivity index is 1.08. The molecule has 2 fully saturated rings. The largest absolute Gasteiger partial charge is 0.497 e. The molecular weight excluding hydrogens is 1260 g/mol. The number of carbonyl (C=O) groups excluding carboxylic acids is 1. The molecule has 2 aliphatic rings. The molecule has 0 aliphatic carbocycles. The molecule has 23 nitrogen and oxygen atoms in total. The highest BCUT2D eigenvalue weighted by Crippen LogP contribution is 2.49. The third-order valence-electron chi connectivity index (χ3n) is 18.2. The van der Waals surface area contributed by atoms with E-state index in [1.807, 2.05) is 133 Å². The number of aliphatic hydroxyl groups excluding tert-OH is 3. The second kappa shape index (κ2) is 30.4. The maximum atomic E-state index is 16.0. The molecule has 512 valence electrons. The van der Waals surface area contributed by atoms with Crippen molar-refractivity contribution in [3.8, 4) is 23.0 Å². The van der Waals surface area contributed by atoms with Gasteiger partial charge in [-0.15, -0.1) is 0 Å². The van der Waals surface area contributed by atoms with Gasteiger partial charge in [-0.05, 0) is 95.8 Å². The van der Waals surface area contributed by atoms with Gasteiger partial charge >= 0.3 is 11.4 Å². The molecular formula is C75H80N6O17. The molecule has 0 amide bonds. The number of carbonyl (C=O) groups is 1. The van der Waals surface area contributed by atoms with Crippen molar-refractivity contribution < 1.29 is 72.2 Å². The first kappa shape index (κ1) is 69.7. The molecule has 9 aromatic rings. The molecule has 7 N–H and O–H groups in total. The summed E-state index contributed by atoms with van der Waals surface area (Å²) in [5.74, 6) is 1.47. The minimum Gasteiger partial charge on any atom is -0.497 e.